The van der Waals surface area contributed by atoms with E-state index in [4.69, 9.17) is 4.74 Å². The van der Waals surface area contributed by atoms with Crippen molar-refractivity contribution in [3.8, 4) is 0 Å². The van der Waals surface area contributed by atoms with Crippen LogP contribution < -0.4 is 10.6 Å². The summed E-state index contributed by atoms with van der Waals surface area (Å²) in [5.41, 5.74) is 4.83. The molecule has 0 saturated heterocycles. The molecule has 5 rings (SSSR count). The van der Waals surface area contributed by atoms with Crippen LogP contribution in [0.1, 0.15) is 49.2 Å². The van der Waals surface area contributed by atoms with Gasteiger partial charge in [-0.2, -0.15) is 0 Å². The molecule has 0 spiro atoms. The lowest BCUT2D eigenvalue weighted by Crippen LogP contribution is -2.29. The smallest absolute Gasteiger partial charge is 0.341 e. The third kappa shape index (κ3) is 6.92. The van der Waals surface area contributed by atoms with E-state index >= 15 is 0 Å². The van der Waals surface area contributed by atoms with Crippen molar-refractivity contribution in [2.75, 3.05) is 24.3 Å². The summed E-state index contributed by atoms with van der Waals surface area (Å²) in [6.45, 7) is 6.08. The van der Waals surface area contributed by atoms with E-state index in [9.17, 15) is 14.4 Å². The molecule has 1 aliphatic heterocycles. The molecule has 1 aliphatic rings. The fourth-order valence-electron chi connectivity index (χ4n) is 4.98. The van der Waals surface area contributed by atoms with Crippen LogP contribution in [-0.4, -0.2) is 41.6 Å². The van der Waals surface area contributed by atoms with Crippen LogP contribution in [0.25, 0.3) is 0 Å². The fraction of sp³-hybridized carbons (Fsp3) is 0.242. The summed E-state index contributed by atoms with van der Waals surface area (Å²) in [7, 11) is 1.37. The molecule has 0 saturated carbocycles. The Morgan fingerprint density at radius 2 is 1.76 bits per heavy atom. The monoisotopic (exact) mass is 599 g/mol. The van der Waals surface area contributed by atoms with Crippen LogP contribution in [0.4, 0.5) is 10.7 Å². The molecule has 0 aliphatic carbocycles. The van der Waals surface area contributed by atoms with Crippen LogP contribution in [-0.2, 0) is 29.0 Å². The molecule has 4 aromatic rings. The predicted molar refractivity (Wildman–Crippen MR) is 169 cm³/mol. The van der Waals surface area contributed by atoms with Crippen LogP contribution in [0.5, 0.6) is 0 Å². The minimum Gasteiger partial charge on any atom is -0.465 e. The molecule has 1 aromatic heterocycles. The van der Waals surface area contributed by atoms with Crippen molar-refractivity contribution in [3.05, 3.63) is 112 Å². The van der Waals surface area contributed by atoms with Crippen molar-refractivity contribution in [2.24, 2.45) is 0 Å². The summed E-state index contributed by atoms with van der Waals surface area (Å²) in [4.78, 5) is 43.2. The maximum absolute atomic E-state index is 13.3. The molecule has 1 unspecified atom stereocenters. The molecule has 216 valence electrons. The number of thiophene rings is 1. The first-order chi connectivity index (χ1) is 20.3. The highest BCUT2D eigenvalue weighted by Crippen LogP contribution is 2.38. The standard InChI is InChI=1S/C33H33N3O4S2/c1-21-10-7-8-15-26(21)31(38)34-24-13-9-14-25(18-24)41-22(2)30(37)35-32-29(33(39)40-3)27-16-17-36(20-28(27)42-32)19-23-11-5-4-6-12-23/h4-15,18,22H,16-17,19-20H2,1-3H3,(H,34,38)(H,35,37). The molecule has 2 heterocycles. The maximum atomic E-state index is 13.3. The number of methoxy groups -OCH3 is 1. The van der Waals surface area contributed by atoms with E-state index in [1.165, 1.54) is 35.8 Å². The Kier molecular flexibility index (Phi) is 9.41. The largest absolute Gasteiger partial charge is 0.465 e. The zero-order chi connectivity index (χ0) is 29.6. The molecular weight excluding hydrogens is 567 g/mol. The van der Waals surface area contributed by atoms with Gasteiger partial charge in [0.1, 0.15) is 5.00 Å². The normalized spacial score (nSPS) is 13.6. The van der Waals surface area contributed by atoms with E-state index in [1.807, 2.05) is 74.5 Å². The SMILES string of the molecule is COC(=O)c1c(NC(=O)C(C)Sc2cccc(NC(=O)c3ccccc3C)c2)sc2c1CCN(Cc1ccccc1)C2. The van der Waals surface area contributed by atoms with E-state index < -0.39 is 11.2 Å². The minimum atomic E-state index is -0.452. The van der Waals surface area contributed by atoms with Crippen molar-refractivity contribution in [1.29, 1.82) is 0 Å². The Morgan fingerprint density at radius 1 is 1.00 bits per heavy atom. The van der Waals surface area contributed by atoms with Gasteiger partial charge in [-0.05, 0) is 61.2 Å². The summed E-state index contributed by atoms with van der Waals surface area (Å²) in [5, 5.41) is 6.04. The van der Waals surface area contributed by atoms with E-state index in [2.05, 4.69) is 27.7 Å². The van der Waals surface area contributed by atoms with Gasteiger partial charge in [-0.1, -0.05) is 54.6 Å². The quantitative estimate of drug-likeness (QED) is 0.163. The Balaban J connectivity index is 1.26. The number of thioether (sulfide) groups is 1. The second-order valence-corrected chi connectivity index (χ2v) is 12.7. The number of esters is 1. The summed E-state index contributed by atoms with van der Waals surface area (Å²) in [6, 6.07) is 25.2. The van der Waals surface area contributed by atoms with Gasteiger partial charge in [-0.25, -0.2) is 4.79 Å². The van der Waals surface area contributed by atoms with Crippen LogP contribution >= 0.6 is 23.1 Å². The molecule has 2 N–H and O–H groups in total. The molecule has 2 amide bonds. The van der Waals surface area contributed by atoms with Gasteiger partial charge < -0.3 is 15.4 Å². The first-order valence-corrected chi connectivity index (χ1v) is 15.5. The van der Waals surface area contributed by atoms with Gasteiger partial charge >= 0.3 is 5.97 Å². The Labute approximate surface area is 254 Å². The third-order valence-corrected chi connectivity index (χ3v) is 9.40. The highest BCUT2D eigenvalue weighted by Gasteiger charge is 2.30. The first kappa shape index (κ1) is 29.6. The van der Waals surface area contributed by atoms with Crippen LogP contribution in [0, 0.1) is 6.92 Å². The molecule has 0 radical (unpaired) electrons. The Bertz CT molecular complexity index is 1600. The van der Waals surface area contributed by atoms with E-state index in [0.717, 1.165) is 34.0 Å². The molecule has 0 bridgehead atoms. The van der Waals surface area contributed by atoms with Gasteiger partial charge in [-0.15, -0.1) is 23.1 Å². The number of amides is 2. The lowest BCUT2D eigenvalue weighted by molar-refractivity contribution is -0.115. The van der Waals surface area contributed by atoms with Crippen molar-refractivity contribution >= 4 is 51.6 Å². The van der Waals surface area contributed by atoms with Crippen molar-refractivity contribution in [2.45, 2.75) is 43.5 Å². The van der Waals surface area contributed by atoms with Crippen LogP contribution in [0.2, 0.25) is 0 Å². The second-order valence-electron chi connectivity index (χ2n) is 10.2. The second kappa shape index (κ2) is 13.4. The molecule has 9 heteroatoms. The van der Waals surface area contributed by atoms with Gasteiger partial charge in [0.25, 0.3) is 5.91 Å². The zero-order valence-corrected chi connectivity index (χ0v) is 25.4. The van der Waals surface area contributed by atoms with Gasteiger partial charge in [0.05, 0.1) is 17.9 Å². The van der Waals surface area contributed by atoms with Crippen molar-refractivity contribution < 1.29 is 19.1 Å². The summed E-state index contributed by atoms with van der Waals surface area (Å²) in [5.74, 6) is -0.823. The lowest BCUT2D eigenvalue weighted by Gasteiger charge is -2.27. The van der Waals surface area contributed by atoms with Gasteiger partial charge in [0.15, 0.2) is 0 Å². The van der Waals surface area contributed by atoms with Gasteiger partial charge in [0, 0.05) is 40.7 Å². The number of anilines is 2. The number of nitrogens with one attached hydrogen (secondary N) is 2. The average molecular weight is 600 g/mol. The summed E-state index contributed by atoms with van der Waals surface area (Å²) >= 11 is 2.83. The lowest BCUT2D eigenvalue weighted by atomic mass is 10.0. The Hall–Kier alpha value is -3.92. The maximum Gasteiger partial charge on any atom is 0.341 e. The van der Waals surface area contributed by atoms with Gasteiger partial charge in [0.2, 0.25) is 5.91 Å². The molecule has 1 atom stereocenters. The van der Waals surface area contributed by atoms with Crippen LogP contribution in [0.15, 0.2) is 83.8 Å². The topological polar surface area (TPSA) is 87.7 Å². The number of rotatable bonds is 9. The number of ether oxygens (including phenoxy) is 1. The minimum absolute atomic E-state index is 0.180. The molecular formula is C33H33N3O4S2. The van der Waals surface area contributed by atoms with Gasteiger partial charge in [-0.3, -0.25) is 14.5 Å². The number of carbonyl (C=O) groups excluding carboxylic acids is 3. The van der Waals surface area contributed by atoms with E-state index in [-0.39, 0.29) is 11.8 Å². The summed E-state index contributed by atoms with van der Waals surface area (Å²) < 4.78 is 5.11. The molecule has 42 heavy (non-hydrogen) atoms. The highest BCUT2D eigenvalue weighted by molar-refractivity contribution is 8.00. The first-order valence-electron chi connectivity index (χ1n) is 13.8. The number of hydrogen-bond acceptors (Lipinski definition) is 7. The third-order valence-electron chi connectivity index (χ3n) is 7.17. The molecule has 0 fully saturated rings. The highest BCUT2D eigenvalue weighted by atomic mass is 32.2. The number of carbonyl (C=O) groups is 3. The number of hydrogen-bond donors (Lipinski definition) is 2. The number of nitrogens with zero attached hydrogens (tertiary/aromatic N) is 1. The van der Waals surface area contributed by atoms with E-state index in [0.29, 0.717) is 34.8 Å². The predicted octanol–water partition coefficient (Wildman–Crippen LogP) is 6.77. The fourth-order valence-corrected chi connectivity index (χ4v) is 7.19. The van der Waals surface area contributed by atoms with Crippen LogP contribution in [0.3, 0.4) is 0 Å². The van der Waals surface area contributed by atoms with E-state index in [1.54, 1.807) is 6.07 Å². The average Bonchev–Trinajstić information content (AvgIpc) is 3.34. The van der Waals surface area contributed by atoms with Crippen molar-refractivity contribution in [1.82, 2.24) is 4.90 Å². The van der Waals surface area contributed by atoms with Crippen molar-refractivity contribution in [3.63, 3.8) is 0 Å². The Morgan fingerprint density at radius 3 is 2.52 bits per heavy atom. The molecule has 7 nitrogen and oxygen atoms in total. The number of fused-ring (bicyclic) bond motifs is 1. The zero-order valence-electron chi connectivity index (χ0n) is 23.8. The number of aryl methyl sites for hydroxylation is 1. The number of benzene rings is 3. The summed E-state index contributed by atoms with van der Waals surface area (Å²) in [6.07, 6.45) is 0.713. The molecule has 3 aromatic carbocycles.